The molecule has 0 aliphatic rings. The van der Waals surface area contributed by atoms with Crippen LogP contribution in [0, 0.1) is 11.6 Å². The molecular weight excluding hydrogens is 348 g/mol. The highest BCUT2D eigenvalue weighted by Crippen LogP contribution is 2.22. The Bertz CT molecular complexity index is 699. The number of ketones is 1. The van der Waals surface area contributed by atoms with Crippen LogP contribution in [0.15, 0.2) is 18.2 Å². The van der Waals surface area contributed by atoms with Gasteiger partial charge < -0.3 is 15.2 Å². The molecule has 1 aromatic rings. The van der Waals surface area contributed by atoms with Gasteiger partial charge >= 0.3 is 12.1 Å². The van der Waals surface area contributed by atoms with Crippen LogP contribution in [0.3, 0.4) is 0 Å². The Kier molecular flexibility index (Phi) is 6.83. The fraction of sp³-hybridized carbons (Fsp3) is 0.500. The second-order valence-corrected chi connectivity index (χ2v) is 6.92. The van der Waals surface area contributed by atoms with Crippen molar-refractivity contribution in [3.63, 3.8) is 0 Å². The van der Waals surface area contributed by atoms with E-state index >= 15 is 0 Å². The van der Waals surface area contributed by atoms with Crippen molar-refractivity contribution in [1.82, 2.24) is 5.32 Å². The first-order chi connectivity index (χ1) is 11.9. The van der Waals surface area contributed by atoms with Gasteiger partial charge in [0.15, 0.2) is 5.78 Å². The summed E-state index contributed by atoms with van der Waals surface area (Å²) in [6, 6.07) is 2.46. The molecule has 0 heterocycles. The van der Waals surface area contributed by atoms with Crippen molar-refractivity contribution in [2.24, 2.45) is 0 Å². The maximum absolute atomic E-state index is 13.7. The Balaban J connectivity index is 2.94. The van der Waals surface area contributed by atoms with E-state index < -0.39 is 52.6 Å². The van der Waals surface area contributed by atoms with E-state index in [-0.39, 0.29) is 12.8 Å². The number of carbonyl (C=O) groups excluding carboxylic acids is 2. The van der Waals surface area contributed by atoms with Crippen molar-refractivity contribution >= 4 is 17.8 Å². The van der Waals surface area contributed by atoms with Gasteiger partial charge in [-0.2, -0.15) is 0 Å². The topological polar surface area (TPSA) is 92.7 Å². The predicted octanol–water partition coefficient (Wildman–Crippen LogP) is 3.69. The summed E-state index contributed by atoms with van der Waals surface area (Å²) in [4.78, 5) is 35.8. The quantitative estimate of drug-likeness (QED) is 0.713. The van der Waals surface area contributed by atoms with Crippen LogP contribution in [0.1, 0.15) is 57.3 Å². The maximum atomic E-state index is 13.7. The molecule has 0 spiro atoms. The number of amides is 1. The third kappa shape index (κ3) is 5.79. The normalized spacial score (nSPS) is 13.6. The number of benzene rings is 1. The average Bonchev–Trinajstić information content (AvgIpc) is 2.51. The number of alkyl carbamates (subject to hydrolysis) is 1. The van der Waals surface area contributed by atoms with E-state index in [9.17, 15) is 28.3 Å². The lowest BCUT2D eigenvalue weighted by Gasteiger charge is -2.30. The standard InChI is InChI=1S/C18H23F2NO5/c1-5-18(15(23)24,21-16(25)26-17(2,3)4)9-8-14(22)12-10-11(19)6-7-13(12)20/h6-7,10H,5,8-9H2,1-4H3,(H,21,25)(H,23,24)/t18-/m0/s1. The molecule has 0 bridgehead atoms. The van der Waals surface area contributed by atoms with Gasteiger partial charge in [0.05, 0.1) is 5.56 Å². The molecule has 1 amide bonds. The molecule has 2 N–H and O–H groups in total. The van der Waals surface area contributed by atoms with Crippen molar-refractivity contribution in [1.29, 1.82) is 0 Å². The SMILES string of the molecule is CC[C@@](CCC(=O)c1cc(F)ccc1F)(NC(=O)OC(C)(C)C)C(=O)O. The Labute approximate surface area is 150 Å². The third-order valence-corrected chi connectivity index (χ3v) is 3.76. The molecule has 0 aliphatic carbocycles. The minimum atomic E-state index is -1.76. The molecule has 0 saturated carbocycles. The van der Waals surface area contributed by atoms with Gasteiger partial charge in [-0.25, -0.2) is 18.4 Å². The van der Waals surface area contributed by atoms with Crippen LogP contribution in [-0.2, 0) is 9.53 Å². The zero-order chi connectivity index (χ0) is 20.1. The number of hydrogen-bond acceptors (Lipinski definition) is 4. The van der Waals surface area contributed by atoms with Crippen LogP contribution in [0.25, 0.3) is 0 Å². The molecule has 0 radical (unpaired) electrons. The molecular formula is C18H23F2NO5. The zero-order valence-electron chi connectivity index (χ0n) is 15.2. The van der Waals surface area contributed by atoms with E-state index in [0.29, 0.717) is 0 Å². The lowest BCUT2D eigenvalue weighted by atomic mass is 9.88. The van der Waals surface area contributed by atoms with Gasteiger partial charge in [0.25, 0.3) is 0 Å². The molecule has 0 fully saturated rings. The van der Waals surface area contributed by atoms with Crippen molar-refractivity contribution in [2.75, 3.05) is 0 Å². The van der Waals surface area contributed by atoms with Crippen LogP contribution >= 0.6 is 0 Å². The number of aliphatic carboxylic acids is 1. The molecule has 1 rings (SSSR count). The Morgan fingerprint density at radius 1 is 1.19 bits per heavy atom. The smallest absolute Gasteiger partial charge is 0.408 e. The number of carboxylic acid groups (broad SMARTS) is 1. The Morgan fingerprint density at radius 2 is 1.81 bits per heavy atom. The molecule has 0 unspecified atom stereocenters. The highest BCUT2D eigenvalue weighted by atomic mass is 19.1. The number of hydrogen-bond donors (Lipinski definition) is 2. The second-order valence-electron chi connectivity index (χ2n) is 6.92. The van der Waals surface area contributed by atoms with Gasteiger partial charge in [-0.15, -0.1) is 0 Å². The van der Waals surface area contributed by atoms with Crippen LogP contribution in [0.4, 0.5) is 13.6 Å². The second kappa shape index (κ2) is 8.25. The van der Waals surface area contributed by atoms with E-state index in [4.69, 9.17) is 4.74 Å². The van der Waals surface area contributed by atoms with E-state index in [1.807, 2.05) is 0 Å². The number of carboxylic acids is 1. The highest BCUT2D eigenvalue weighted by Gasteiger charge is 2.40. The minimum Gasteiger partial charge on any atom is -0.480 e. The summed E-state index contributed by atoms with van der Waals surface area (Å²) in [6.07, 6.45) is -1.66. The van der Waals surface area contributed by atoms with E-state index in [2.05, 4.69) is 5.32 Å². The molecule has 1 aromatic carbocycles. The van der Waals surface area contributed by atoms with E-state index in [0.717, 1.165) is 18.2 Å². The average molecular weight is 371 g/mol. The number of carbonyl (C=O) groups is 3. The summed E-state index contributed by atoms with van der Waals surface area (Å²) >= 11 is 0. The Hall–Kier alpha value is -2.51. The summed E-state index contributed by atoms with van der Waals surface area (Å²) < 4.78 is 32.0. The molecule has 144 valence electrons. The molecule has 0 aromatic heterocycles. The van der Waals surface area contributed by atoms with Gasteiger partial charge in [-0.1, -0.05) is 6.92 Å². The van der Waals surface area contributed by atoms with Crippen LogP contribution in [0.5, 0.6) is 0 Å². The third-order valence-electron chi connectivity index (χ3n) is 3.76. The summed E-state index contributed by atoms with van der Waals surface area (Å²) in [5.41, 5.74) is -3.05. The van der Waals surface area contributed by atoms with Crippen LogP contribution in [-0.4, -0.2) is 34.1 Å². The molecule has 6 nitrogen and oxygen atoms in total. The minimum absolute atomic E-state index is 0.0273. The number of nitrogens with one attached hydrogen (secondary N) is 1. The van der Waals surface area contributed by atoms with Gasteiger partial charge in [0.1, 0.15) is 22.8 Å². The number of rotatable bonds is 7. The van der Waals surface area contributed by atoms with Crippen molar-refractivity contribution < 1.29 is 33.0 Å². The molecule has 0 aliphatic heterocycles. The summed E-state index contributed by atoms with van der Waals surface area (Å²) in [5, 5.41) is 11.8. The maximum Gasteiger partial charge on any atom is 0.408 e. The van der Waals surface area contributed by atoms with Gasteiger partial charge in [0, 0.05) is 6.42 Å². The molecule has 26 heavy (non-hydrogen) atoms. The summed E-state index contributed by atoms with van der Waals surface area (Å²) in [5.74, 6) is -3.78. The number of Topliss-reactive ketones (excluding diaryl/α,β-unsaturated/α-hetero) is 1. The van der Waals surface area contributed by atoms with E-state index in [1.165, 1.54) is 6.92 Å². The number of ether oxygens (including phenoxy) is 1. The summed E-state index contributed by atoms with van der Waals surface area (Å²) in [7, 11) is 0. The largest absolute Gasteiger partial charge is 0.480 e. The van der Waals surface area contributed by atoms with Crippen LogP contribution < -0.4 is 5.32 Å². The van der Waals surface area contributed by atoms with Crippen molar-refractivity contribution in [2.45, 2.75) is 58.1 Å². The van der Waals surface area contributed by atoms with Crippen LogP contribution in [0.2, 0.25) is 0 Å². The monoisotopic (exact) mass is 371 g/mol. The lowest BCUT2D eigenvalue weighted by Crippen LogP contribution is -2.55. The van der Waals surface area contributed by atoms with Crippen molar-refractivity contribution in [3.05, 3.63) is 35.4 Å². The first-order valence-corrected chi connectivity index (χ1v) is 8.13. The fourth-order valence-electron chi connectivity index (χ4n) is 2.31. The Morgan fingerprint density at radius 3 is 2.31 bits per heavy atom. The van der Waals surface area contributed by atoms with Gasteiger partial charge in [-0.3, -0.25) is 4.79 Å². The van der Waals surface area contributed by atoms with Gasteiger partial charge in [0.2, 0.25) is 0 Å². The molecule has 0 saturated heterocycles. The first-order valence-electron chi connectivity index (χ1n) is 8.13. The first kappa shape index (κ1) is 21.5. The highest BCUT2D eigenvalue weighted by molar-refractivity contribution is 5.97. The number of halogens is 2. The molecule has 1 atom stereocenters. The predicted molar refractivity (Wildman–Crippen MR) is 90.0 cm³/mol. The zero-order valence-corrected chi connectivity index (χ0v) is 15.2. The fourth-order valence-corrected chi connectivity index (χ4v) is 2.31. The molecule has 8 heteroatoms. The van der Waals surface area contributed by atoms with Crippen molar-refractivity contribution in [3.8, 4) is 0 Å². The van der Waals surface area contributed by atoms with Gasteiger partial charge in [-0.05, 0) is 51.8 Å². The lowest BCUT2D eigenvalue weighted by molar-refractivity contribution is -0.145. The van der Waals surface area contributed by atoms with E-state index in [1.54, 1.807) is 20.8 Å². The summed E-state index contributed by atoms with van der Waals surface area (Å²) in [6.45, 7) is 6.39.